The van der Waals surface area contributed by atoms with Crippen LogP contribution in [0.2, 0.25) is 0 Å². The summed E-state index contributed by atoms with van der Waals surface area (Å²) in [5.74, 6) is 1.10. The van der Waals surface area contributed by atoms with Gasteiger partial charge in [-0.05, 0) is 64.7 Å². The van der Waals surface area contributed by atoms with Crippen LogP contribution in [-0.4, -0.2) is 85.4 Å². The fourth-order valence-electron chi connectivity index (χ4n) is 3.71. The average Bonchev–Trinajstić information content (AvgIpc) is 2.63. The van der Waals surface area contributed by atoms with E-state index in [-0.39, 0.29) is 17.9 Å². The summed E-state index contributed by atoms with van der Waals surface area (Å²) in [6.45, 7) is 9.99. The Bertz CT molecular complexity index is 429. The summed E-state index contributed by atoms with van der Waals surface area (Å²) >= 11 is 0. The maximum absolute atomic E-state index is 13.0. The summed E-state index contributed by atoms with van der Waals surface area (Å²) < 4.78 is 0. The van der Waals surface area contributed by atoms with Gasteiger partial charge in [-0.1, -0.05) is 6.92 Å². The van der Waals surface area contributed by atoms with Gasteiger partial charge in [0.1, 0.15) is 0 Å². The molecule has 6 nitrogen and oxygen atoms in total. The van der Waals surface area contributed by atoms with Crippen LogP contribution in [0.5, 0.6) is 0 Å². The van der Waals surface area contributed by atoms with E-state index < -0.39 is 0 Å². The molecule has 2 rings (SSSR count). The largest absolute Gasteiger partial charge is 0.346 e. The van der Waals surface area contributed by atoms with Crippen LogP contribution in [0.3, 0.4) is 0 Å². The van der Waals surface area contributed by atoms with Crippen LogP contribution in [0.25, 0.3) is 0 Å². The lowest BCUT2D eigenvalue weighted by Crippen LogP contribution is -2.51. The molecule has 0 radical (unpaired) electrons. The number of rotatable bonds is 7. The van der Waals surface area contributed by atoms with Gasteiger partial charge in [-0.2, -0.15) is 0 Å². The number of hydrogen-bond donors (Lipinski definition) is 1. The van der Waals surface area contributed by atoms with E-state index in [0.717, 1.165) is 44.9 Å². The van der Waals surface area contributed by atoms with Crippen molar-refractivity contribution >= 4 is 11.8 Å². The van der Waals surface area contributed by atoms with Crippen LogP contribution in [-0.2, 0) is 9.59 Å². The third kappa shape index (κ3) is 6.26. The molecule has 0 spiro atoms. The van der Waals surface area contributed by atoms with Crippen LogP contribution < -0.4 is 5.32 Å². The lowest BCUT2D eigenvalue weighted by Gasteiger charge is -2.37. The minimum atomic E-state index is 0.126. The van der Waals surface area contributed by atoms with Crippen molar-refractivity contribution < 1.29 is 9.59 Å². The molecule has 0 aromatic carbocycles. The molecule has 25 heavy (non-hydrogen) atoms. The Balaban J connectivity index is 1.92. The van der Waals surface area contributed by atoms with Gasteiger partial charge in [0, 0.05) is 32.6 Å². The fraction of sp³-hybridized carbons (Fsp3) is 0.895. The van der Waals surface area contributed by atoms with E-state index in [0.29, 0.717) is 26.1 Å². The minimum Gasteiger partial charge on any atom is -0.346 e. The fourth-order valence-corrected chi connectivity index (χ4v) is 3.71. The third-order valence-corrected chi connectivity index (χ3v) is 5.77. The molecule has 0 unspecified atom stereocenters. The van der Waals surface area contributed by atoms with Crippen molar-refractivity contribution in [3.63, 3.8) is 0 Å². The Labute approximate surface area is 152 Å². The number of likely N-dealkylation sites (tertiary alicyclic amines) is 1. The molecule has 2 heterocycles. The summed E-state index contributed by atoms with van der Waals surface area (Å²) in [5, 5.41) is 3.36. The monoisotopic (exact) mass is 352 g/mol. The molecule has 2 aliphatic heterocycles. The zero-order chi connectivity index (χ0) is 18.2. The summed E-state index contributed by atoms with van der Waals surface area (Å²) in [6.07, 6.45) is 4.76. The number of carbonyl (C=O) groups is 2. The molecule has 2 amide bonds. The minimum absolute atomic E-state index is 0.126. The molecule has 0 aromatic rings. The maximum atomic E-state index is 13.0. The first kappa shape index (κ1) is 20.2. The van der Waals surface area contributed by atoms with Crippen molar-refractivity contribution in [3.05, 3.63) is 0 Å². The van der Waals surface area contributed by atoms with Gasteiger partial charge in [-0.3, -0.25) is 14.5 Å². The number of piperidine rings is 2. The van der Waals surface area contributed by atoms with Gasteiger partial charge in [-0.25, -0.2) is 0 Å². The second-order valence-electron chi connectivity index (χ2n) is 7.68. The molecule has 2 fully saturated rings. The molecular weight excluding hydrogens is 316 g/mol. The summed E-state index contributed by atoms with van der Waals surface area (Å²) in [4.78, 5) is 31.2. The van der Waals surface area contributed by atoms with Crippen molar-refractivity contribution in [1.29, 1.82) is 0 Å². The topological polar surface area (TPSA) is 55.9 Å². The quantitative estimate of drug-likeness (QED) is 0.747. The predicted molar refractivity (Wildman–Crippen MR) is 100 cm³/mol. The zero-order valence-electron chi connectivity index (χ0n) is 16.3. The normalized spacial score (nSPS) is 20.4. The van der Waals surface area contributed by atoms with E-state index >= 15 is 0 Å². The van der Waals surface area contributed by atoms with Crippen LogP contribution in [0.1, 0.15) is 46.0 Å². The first-order valence-electron chi connectivity index (χ1n) is 9.97. The Hall–Kier alpha value is -1.14. The van der Waals surface area contributed by atoms with Gasteiger partial charge < -0.3 is 15.1 Å². The third-order valence-electron chi connectivity index (χ3n) is 5.77. The van der Waals surface area contributed by atoms with Crippen molar-refractivity contribution in [3.8, 4) is 0 Å². The molecule has 2 aliphatic rings. The number of nitrogens with one attached hydrogen (secondary N) is 1. The van der Waals surface area contributed by atoms with E-state index in [1.807, 2.05) is 18.9 Å². The summed E-state index contributed by atoms with van der Waals surface area (Å²) in [6, 6.07) is 0.275. The van der Waals surface area contributed by atoms with E-state index in [9.17, 15) is 9.59 Å². The first-order valence-corrected chi connectivity index (χ1v) is 9.97. The van der Waals surface area contributed by atoms with Gasteiger partial charge in [0.15, 0.2) is 0 Å². The Morgan fingerprint density at radius 1 is 1.08 bits per heavy atom. The molecule has 2 saturated heterocycles. The number of nitrogens with zero attached hydrogens (tertiary/aromatic N) is 3. The van der Waals surface area contributed by atoms with Crippen molar-refractivity contribution in [2.45, 2.75) is 52.0 Å². The lowest BCUT2D eigenvalue weighted by molar-refractivity contribution is -0.137. The second-order valence-corrected chi connectivity index (χ2v) is 7.68. The standard InChI is InChI=1S/C19H36N4O2/c1-4-21(3)18(24)9-14-23(17-5-10-20-11-6-17)19(25)15-22-12-7-16(2)8-13-22/h16-17,20H,4-15H2,1-3H3. The smallest absolute Gasteiger partial charge is 0.237 e. The van der Waals surface area contributed by atoms with Crippen LogP contribution in [0.4, 0.5) is 0 Å². The highest BCUT2D eigenvalue weighted by molar-refractivity contribution is 5.80. The molecule has 0 aromatic heterocycles. The molecule has 6 heteroatoms. The SMILES string of the molecule is CCN(C)C(=O)CCN(C(=O)CN1CCC(C)CC1)C1CCNCC1. The molecule has 0 bridgehead atoms. The van der Waals surface area contributed by atoms with E-state index in [2.05, 4.69) is 17.1 Å². The molecule has 0 aliphatic carbocycles. The molecular formula is C19H36N4O2. The second kappa shape index (κ2) is 10.1. The molecule has 1 N–H and O–H groups in total. The van der Waals surface area contributed by atoms with Crippen molar-refractivity contribution in [1.82, 2.24) is 20.0 Å². The molecule has 0 saturated carbocycles. The summed E-state index contributed by atoms with van der Waals surface area (Å²) in [5.41, 5.74) is 0. The summed E-state index contributed by atoms with van der Waals surface area (Å²) in [7, 11) is 1.83. The van der Waals surface area contributed by atoms with E-state index in [1.165, 1.54) is 12.8 Å². The number of carbonyl (C=O) groups excluding carboxylic acids is 2. The van der Waals surface area contributed by atoms with Gasteiger partial charge >= 0.3 is 0 Å². The maximum Gasteiger partial charge on any atom is 0.237 e. The average molecular weight is 353 g/mol. The van der Waals surface area contributed by atoms with Crippen LogP contribution in [0.15, 0.2) is 0 Å². The first-order chi connectivity index (χ1) is 12.0. The highest BCUT2D eigenvalue weighted by Gasteiger charge is 2.28. The molecule has 0 atom stereocenters. The highest BCUT2D eigenvalue weighted by atomic mass is 16.2. The van der Waals surface area contributed by atoms with Gasteiger partial charge in [0.2, 0.25) is 11.8 Å². The van der Waals surface area contributed by atoms with Crippen molar-refractivity contribution in [2.24, 2.45) is 5.92 Å². The predicted octanol–water partition coefficient (Wildman–Crippen LogP) is 1.17. The van der Waals surface area contributed by atoms with E-state index in [4.69, 9.17) is 0 Å². The lowest BCUT2D eigenvalue weighted by atomic mass is 9.99. The highest BCUT2D eigenvalue weighted by Crippen LogP contribution is 2.18. The van der Waals surface area contributed by atoms with Gasteiger partial charge in [0.05, 0.1) is 6.54 Å². The van der Waals surface area contributed by atoms with Crippen molar-refractivity contribution in [2.75, 3.05) is 52.9 Å². The Kier molecular flexibility index (Phi) is 8.16. The van der Waals surface area contributed by atoms with Gasteiger partial charge in [-0.15, -0.1) is 0 Å². The van der Waals surface area contributed by atoms with Gasteiger partial charge in [0.25, 0.3) is 0 Å². The molecule has 144 valence electrons. The Morgan fingerprint density at radius 2 is 1.72 bits per heavy atom. The van der Waals surface area contributed by atoms with Crippen LogP contribution >= 0.6 is 0 Å². The Morgan fingerprint density at radius 3 is 2.32 bits per heavy atom. The zero-order valence-corrected chi connectivity index (χ0v) is 16.3. The van der Waals surface area contributed by atoms with E-state index in [1.54, 1.807) is 4.90 Å². The number of hydrogen-bond acceptors (Lipinski definition) is 4. The van der Waals surface area contributed by atoms with Crippen LogP contribution in [0, 0.1) is 5.92 Å². The number of amides is 2.